The Hall–Kier alpha value is -2.67. The molecule has 1 aliphatic heterocycles. The van der Waals surface area contributed by atoms with Crippen molar-refractivity contribution in [2.75, 3.05) is 0 Å². The number of likely N-dealkylation sites (tertiary alicyclic amines) is 1. The minimum atomic E-state index is -1.29. The maximum atomic E-state index is 14.2. The second-order valence-corrected chi connectivity index (χ2v) is 12.5. The number of rotatable bonds is 5. The minimum absolute atomic E-state index is 0.0220. The largest absolute Gasteiger partial charge is 0.459 e. The molecule has 0 unspecified atom stereocenters. The summed E-state index contributed by atoms with van der Waals surface area (Å²) in [6.07, 6.45) is 0. The number of hydrogen-bond donors (Lipinski definition) is 0. The molecule has 3 aromatic rings. The molecule has 2 bridgehead atoms. The van der Waals surface area contributed by atoms with Crippen molar-refractivity contribution in [3.05, 3.63) is 105 Å². The van der Waals surface area contributed by atoms with Crippen molar-refractivity contribution in [1.29, 1.82) is 0 Å². The Balaban J connectivity index is 1.42. The molecule has 4 aliphatic rings. The number of ether oxygens (including phenoxy) is 1. The Morgan fingerprint density at radius 3 is 1.66 bits per heavy atom. The molecule has 0 spiro atoms. The maximum Gasteiger partial charge on any atom is 0.329 e. The molecule has 1 heterocycles. The van der Waals surface area contributed by atoms with Gasteiger partial charge in [0.25, 0.3) is 0 Å². The Morgan fingerprint density at radius 2 is 1.26 bits per heavy atom. The van der Waals surface area contributed by atoms with Crippen LogP contribution in [0.5, 0.6) is 0 Å². The summed E-state index contributed by atoms with van der Waals surface area (Å²) < 4.78 is 6.54. The summed E-state index contributed by atoms with van der Waals surface area (Å²) in [4.78, 5) is 40.4. The Bertz CT molecular complexity index is 1370. The second kappa shape index (κ2) is 8.94. The summed E-state index contributed by atoms with van der Waals surface area (Å²) in [6.45, 7) is 3.60. The first-order valence-electron chi connectivity index (χ1n) is 12.5. The summed E-state index contributed by atoms with van der Waals surface area (Å²) in [5.41, 5.74) is 3.68. The van der Waals surface area contributed by atoms with Crippen molar-refractivity contribution in [2.45, 2.75) is 36.2 Å². The van der Waals surface area contributed by atoms with Gasteiger partial charge in [-0.05, 0) is 45.9 Å². The van der Waals surface area contributed by atoms with Crippen LogP contribution in [-0.4, -0.2) is 28.7 Å². The molecule has 3 aromatic carbocycles. The molecular formula is C30H24BrCl2NO4. The van der Waals surface area contributed by atoms with Gasteiger partial charge in [0, 0.05) is 4.47 Å². The first-order valence-corrected chi connectivity index (χ1v) is 14.0. The average molecular weight is 613 g/mol. The molecule has 194 valence electrons. The van der Waals surface area contributed by atoms with Gasteiger partial charge in [0.1, 0.15) is 22.4 Å². The lowest BCUT2D eigenvalue weighted by molar-refractivity contribution is -0.162. The van der Waals surface area contributed by atoms with Gasteiger partial charge in [0.15, 0.2) is 0 Å². The van der Waals surface area contributed by atoms with Crippen molar-refractivity contribution >= 4 is 56.9 Å². The third-order valence-corrected chi connectivity index (χ3v) is 9.88. The van der Waals surface area contributed by atoms with E-state index in [4.69, 9.17) is 27.9 Å². The Labute approximate surface area is 239 Å². The van der Waals surface area contributed by atoms with Crippen LogP contribution in [-0.2, 0) is 35.5 Å². The number of halogens is 3. The molecule has 0 saturated carbocycles. The summed E-state index contributed by atoms with van der Waals surface area (Å²) in [5, 5.41) is 0. The zero-order chi connectivity index (χ0) is 27.0. The molecule has 38 heavy (non-hydrogen) atoms. The Morgan fingerprint density at radius 1 is 0.842 bits per heavy atom. The molecule has 1 fully saturated rings. The fourth-order valence-corrected chi connectivity index (χ4v) is 7.82. The lowest BCUT2D eigenvalue weighted by Crippen LogP contribution is -2.57. The van der Waals surface area contributed by atoms with Crippen LogP contribution in [0.15, 0.2) is 77.3 Å². The van der Waals surface area contributed by atoms with Gasteiger partial charge in [-0.1, -0.05) is 90.4 Å². The number of benzene rings is 3. The highest BCUT2D eigenvalue weighted by molar-refractivity contribution is 9.10. The van der Waals surface area contributed by atoms with E-state index in [0.29, 0.717) is 0 Å². The molecule has 5 nitrogen and oxygen atoms in total. The zero-order valence-electron chi connectivity index (χ0n) is 20.7. The maximum absolute atomic E-state index is 14.2. The predicted molar refractivity (Wildman–Crippen MR) is 148 cm³/mol. The van der Waals surface area contributed by atoms with Crippen molar-refractivity contribution in [3.63, 3.8) is 0 Å². The van der Waals surface area contributed by atoms with Crippen molar-refractivity contribution in [1.82, 2.24) is 4.90 Å². The quantitative estimate of drug-likeness (QED) is 0.198. The molecule has 3 aliphatic carbocycles. The second-order valence-electron chi connectivity index (χ2n) is 10.4. The highest BCUT2D eigenvalue weighted by Gasteiger charge is 2.74. The molecule has 8 heteroatoms. The average Bonchev–Trinajstić information content (AvgIpc) is 3.18. The van der Waals surface area contributed by atoms with E-state index in [-0.39, 0.29) is 12.5 Å². The van der Waals surface area contributed by atoms with Gasteiger partial charge in [-0.2, -0.15) is 0 Å². The molecule has 3 atom stereocenters. The van der Waals surface area contributed by atoms with E-state index in [9.17, 15) is 14.4 Å². The smallest absolute Gasteiger partial charge is 0.329 e. The zero-order valence-corrected chi connectivity index (χ0v) is 23.8. The number of amides is 2. The number of alkyl halides is 2. The number of imide groups is 1. The molecule has 1 saturated heterocycles. The highest BCUT2D eigenvalue weighted by atomic mass is 79.9. The predicted octanol–water partition coefficient (Wildman–Crippen LogP) is 6.11. The normalized spacial score (nSPS) is 27.7. The van der Waals surface area contributed by atoms with E-state index in [1.165, 1.54) is 0 Å². The number of nitrogens with zero attached hydrogens (tertiary/aromatic N) is 1. The van der Waals surface area contributed by atoms with Gasteiger partial charge in [-0.25, -0.2) is 4.79 Å². The monoisotopic (exact) mass is 611 g/mol. The lowest BCUT2D eigenvalue weighted by Gasteiger charge is -2.54. The third kappa shape index (κ3) is 3.33. The van der Waals surface area contributed by atoms with Gasteiger partial charge in [-0.3, -0.25) is 14.5 Å². The molecular weight excluding hydrogens is 589 g/mol. The summed E-state index contributed by atoms with van der Waals surface area (Å²) in [5.74, 6) is -3.94. The molecule has 0 aromatic heterocycles. The summed E-state index contributed by atoms with van der Waals surface area (Å²) in [6, 6.07) is 21.2. The topological polar surface area (TPSA) is 63.7 Å². The molecule has 0 radical (unpaired) electrons. The van der Waals surface area contributed by atoms with Crippen molar-refractivity contribution in [3.8, 4) is 0 Å². The van der Waals surface area contributed by atoms with Crippen molar-refractivity contribution < 1.29 is 19.1 Å². The first kappa shape index (κ1) is 25.6. The molecule has 7 rings (SSSR count). The molecule has 0 N–H and O–H groups in total. The van der Waals surface area contributed by atoms with Crippen LogP contribution in [0.2, 0.25) is 0 Å². The van der Waals surface area contributed by atoms with E-state index in [2.05, 4.69) is 15.9 Å². The number of hydrogen-bond acceptors (Lipinski definition) is 4. The minimum Gasteiger partial charge on any atom is -0.459 e. The first-order chi connectivity index (χ1) is 18.1. The van der Waals surface area contributed by atoms with Crippen LogP contribution in [0, 0.1) is 17.8 Å². The van der Waals surface area contributed by atoms with E-state index >= 15 is 0 Å². The lowest BCUT2D eigenvalue weighted by atomic mass is 9.54. The fourth-order valence-electron chi connectivity index (χ4n) is 6.46. The van der Waals surface area contributed by atoms with E-state index < -0.39 is 45.4 Å². The number of esters is 1. The van der Waals surface area contributed by atoms with E-state index in [1.54, 1.807) is 13.8 Å². The van der Waals surface area contributed by atoms with Gasteiger partial charge >= 0.3 is 5.97 Å². The summed E-state index contributed by atoms with van der Waals surface area (Å²) in [7, 11) is 0. The van der Waals surface area contributed by atoms with E-state index in [0.717, 1.165) is 37.2 Å². The van der Waals surface area contributed by atoms with Gasteiger partial charge in [0.2, 0.25) is 11.8 Å². The van der Waals surface area contributed by atoms with Gasteiger partial charge < -0.3 is 4.74 Å². The Kier molecular flexibility index (Phi) is 6.02. The van der Waals surface area contributed by atoms with E-state index in [1.807, 2.05) is 72.8 Å². The molecule has 2 amide bonds. The van der Waals surface area contributed by atoms with Crippen LogP contribution in [0.4, 0.5) is 0 Å². The van der Waals surface area contributed by atoms with Crippen LogP contribution in [0.3, 0.4) is 0 Å². The van der Waals surface area contributed by atoms with Gasteiger partial charge in [-0.15, -0.1) is 23.2 Å². The van der Waals surface area contributed by atoms with Gasteiger partial charge in [0.05, 0.1) is 11.8 Å². The number of carbonyl (C=O) groups excluding carboxylic acids is 3. The van der Waals surface area contributed by atoms with Crippen molar-refractivity contribution in [2.24, 2.45) is 17.8 Å². The van der Waals surface area contributed by atoms with Crippen LogP contribution in [0.1, 0.15) is 41.7 Å². The third-order valence-electron chi connectivity index (χ3n) is 8.06. The fraction of sp³-hybridized carbons (Fsp3) is 0.300. The number of carbonyl (C=O) groups is 3. The van der Waals surface area contributed by atoms with Crippen LogP contribution in [0.25, 0.3) is 0 Å². The SMILES string of the molecule is CC(C)[C@@H](C(=O)OCc1ccc(Br)cc1)N1C(=O)[C@@H]2[C@@H](C1=O)C1(Cl)c3ccccc3C2(Cl)c2ccccc21. The van der Waals surface area contributed by atoms with Crippen LogP contribution < -0.4 is 0 Å². The standard InChI is InChI=1S/C30H24BrCl2NO4/c1-16(2)25(28(37)38-15-17-11-13-18(31)14-12-17)34-26(35)23-24(27(34)36)30(33)20-8-4-3-7-19(20)29(23,32)21-9-5-6-10-22(21)30/h3-14,16,23-25H,15H2,1-2H3/t23-,24-,25-,29?,30?/m0/s1. The summed E-state index contributed by atoms with van der Waals surface area (Å²) >= 11 is 18.4. The highest BCUT2D eigenvalue weighted by Crippen LogP contribution is 2.69. The van der Waals surface area contributed by atoms with Crippen LogP contribution >= 0.6 is 39.1 Å².